The van der Waals surface area contributed by atoms with Crippen molar-refractivity contribution in [1.82, 2.24) is 4.90 Å². The van der Waals surface area contributed by atoms with Crippen LogP contribution in [0.15, 0.2) is 71.3 Å². The van der Waals surface area contributed by atoms with Crippen LogP contribution < -0.4 is 4.18 Å². The van der Waals surface area contributed by atoms with E-state index in [9.17, 15) is 17.6 Å². The highest BCUT2D eigenvalue weighted by Crippen LogP contribution is 2.18. The fourth-order valence-corrected chi connectivity index (χ4v) is 3.10. The Morgan fingerprint density at radius 2 is 1.82 bits per heavy atom. The molecule has 0 atom stereocenters. The van der Waals surface area contributed by atoms with Crippen molar-refractivity contribution in [3.63, 3.8) is 0 Å². The van der Waals surface area contributed by atoms with Crippen molar-refractivity contribution >= 4 is 16.0 Å². The van der Waals surface area contributed by atoms with Crippen LogP contribution in [0.1, 0.15) is 21.7 Å². The van der Waals surface area contributed by atoms with Crippen LogP contribution in [0.5, 0.6) is 5.75 Å². The number of rotatable bonds is 7. The van der Waals surface area contributed by atoms with Crippen molar-refractivity contribution < 1.29 is 26.2 Å². The van der Waals surface area contributed by atoms with Gasteiger partial charge >= 0.3 is 10.1 Å². The van der Waals surface area contributed by atoms with Gasteiger partial charge in [0.1, 0.15) is 17.3 Å². The van der Waals surface area contributed by atoms with E-state index in [0.717, 1.165) is 11.8 Å². The molecule has 28 heavy (non-hydrogen) atoms. The Morgan fingerprint density at radius 3 is 2.43 bits per heavy atom. The van der Waals surface area contributed by atoms with Crippen LogP contribution in [0.3, 0.4) is 0 Å². The molecule has 0 bridgehead atoms. The Kier molecular flexibility index (Phi) is 5.79. The van der Waals surface area contributed by atoms with E-state index in [1.807, 2.05) is 0 Å². The standard InChI is InChI=1S/C20H18FNO5S/c1-28(24,25)27-18-9-7-15(8-10-18)13-22(14-19-6-3-11-26-19)20(23)16-4-2-5-17(21)12-16/h2-12H,13-14H2,1H3. The smallest absolute Gasteiger partial charge is 0.306 e. The first-order valence-electron chi connectivity index (χ1n) is 8.36. The van der Waals surface area contributed by atoms with E-state index in [-0.39, 0.29) is 30.3 Å². The monoisotopic (exact) mass is 403 g/mol. The van der Waals surface area contributed by atoms with Crippen LogP contribution in [0.25, 0.3) is 0 Å². The highest BCUT2D eigenvalue weighted by molar-refractivity contribution is 7.86. The number of carbonyl (C=O) groups is 1. The van der Waals surface area contributed by atoms with Gasteiger partial charge in [-0.1, -0.05) is 18.2 Å². The van der Waals surface area contributed by atoms with Crippen LogP contribution >= 0.6 is 0 Å². The van der Waals surface area contributed by atoms with Crippen LogP contribution in [-0.2, 0) is 23.2 Å². The van der Waals surface area contributed by atoms with E-state index in [1.54, 1.807) is 30.3 Å². The van der Waals surface area contributed by atoms with E-state index in [1.165, 1.54) is 41.5 Å². The molecular formula is C20H18FNO5S. The Hall–Kier alpha value is -3.13. The number of halogens is 1. The molecule has 1 heterocycles. The van der Waals surface area contributed by atoms with Gasteiger partial charge < -0.3 is 13.5 Å². The van der Waals surface area contributed by atoms with Crippen molar-refractivity contribution in [2.75, 3.05) is 6.26 Å². The predicted octanol–water partition coefficient (Wildman–Crippen LogP) is 3.60. The summed E-state index contributed by atoms with van der Waals surface area (Å²) >= 11 is 0. The van der Waals surface area contributed by atoms with Gasteiger partial charge in [0.05, 0.1) is 19.1 Å². The van der Waals surface area contributed by atoms with Crippen molar-refractivity contribution in [3.8, 4) is 5.75 Å². The zero-order chi connectivity index (χ0) is 20.1. The summed E-state index contributed by atoms with van der Waals surface area (Å²) in [6.45, 7) is 0.416. The predicted molar refractivity (Wildman–Crippen MR) is 101 cm³/mol. The lowest BCUT2D eigenvalue weighted by Gasteiger charge is -2.22. The van der Waals surface area contributed by atoms with Crippen molar-refractivity contribution in [2.45, 2.75) is 13.1 Å². The van der Waals surface area contributed by atoms with E-state index in [4.69, 9.17) is 8.60 Å². The second-order valence-corrected chi connectivity index (χ2v) is 7.76. The molecule has 0 N–H and O–H groups in total. The number of amides is 1. The molecule has 6 nitrogen and oxygen atoms in total. The largest absolute Gasteiger partial charge is 0.467 e. The van der Waals surface area contributed by atoms with Crippen molar-refractivity contribution in [2.24, 2.45) is 0 Å². The van der Waals surface area contributed by atoms with E-state index < -0.39 is 15.9 Å². The Bertz CT molecular complexity index is 1050. The van der Waals surface area contributed by atoms with Gasteiger partial charge in [0.25, 0.3) is 5.91 Å². The van der Waals surface area contributed by atoms with Crippen LogP contribution in [0.4, 0.5) is 4.39 Å². The minimum Gasteiger partial charge on any atom is -0.467 e. The maximum atomic E-state index is 13.5. The SMILES string of the molecule is CS(=O)(=O)Oc1ccc(CN(Cc2ccco2)C(=O)c2cccc(F)c2)cc1. The molecule has 0 spiro atoms. The molecule has 1 amide bonds. The second-order valence-electron chi connectivity index (χ2n) is 6.18. The molecule has 1 aromatic heterocycles. The molecule has 0 saturated carbocycles. The van der Waals surface area contributed by atoms with Gasteiger partial charge in [0.15, 0.2) is 0 Å². The van der Waals surface area contributed by atoms with Crippen LogP contribution in [-0.4, -0.2) is 25.5 Å². The average molecular weight is 403 g/mol. The van der Waals surface area contributed by atoms with Gasteiger partial charge in [-0.15, -0.1) is 0 Å². The number of benzene rings is 2. The average Bonchev–Trinajstić information content (AvgIpc) is 3.14. The topological polar surface area (TPSA) is 76.8 Å². The molecule has 0 aliphatic heterocycles. The Labute approximate surface area is 162 Å². The van der Waals surface area contributed by atoms with E-state index in [0.29, 0.717) is 5.76 Å². The summed E-state index contributed by atoms with van der Waals surface area (Å²) in [6, 6.07) is 15.3. The molecule has 0 unspecified atom stereocenters. The lowest BCUT2D eigenvalue weighted by molar-refractivity contribution is 0.0717. The summed E-state index contributed by atoms with van der Waals surface area (Å²) in [4.78, 5) is 14.4. The van der Waals surface area contributed by atoms with Crippen LogP contribution in [0, 0.1) is 5.82 Å². The molecule has 0 fully saturated rings. The summed E-state index contributed by atoms with van der Waals surface area (Å²) in [5.74, 6) is -0.0829. The lowest BCUT2D eigenvalue weighted by atomic mass is 10.1. The third-order valence-electron chi connectivity index (χ3n) is 3.83. The van der Waals surface area contributed by atoms with Crippen LogP contribution in [0.2, 0.25) is 0 Å². The normalized spacial score (nSPS) is 11.2. The van der Waals surface area contributed by atoms with Gasteiger partial charge in [0.2, 0.25) is 0 Å². The van der Waals surface area contributed by atoms with Gasteiger partial charge in [-0.3, -0.25) is 4.79 Å². The first kappa shape index (κ1) is 19.6. The van der Waals surface area contributed by atoms with Crippen molar-refractivity contribution in [1.29, 1.82) is 0 Å². The summed E-state index contributed by atoms with van der Waals surface area (Å²) < 4.78 is 46.1. The third kappa shape index (κ3) is 5.43. The number of hydrogen-bond acceptors (Lipinski definition) is 5. The van der Waals surface area contributed by atoms with Gasteiger partial charge in [-0.2, -0.15) is 8.42 Å². The summed E-state index contributed by atoms with van der Waals surface area (Å²) in [7, 11) is -3.61. The molecule has 3 aromatic rings. The minimum atomic E-state index is -3.61. The number of furan rings is 1. The number of carbonyl (C=O) groups excluding carboxylic acids is 1. The molecular weight excluding hydrogens is 385 g/mol. The Morgan fingerprint density at radius 1 is 1.07 bits per heavy atom. The highest BCUT2D eigenvalue weighted by atomic mass is 32.2. The summed E-state index contributed by atoms with van der Waals surface area (Å²) in [6.07, 6.45) is 2.47. The number of nitrogens with zero attached hydrogens (tertiary/aromatic N) is 1. The maximum absolute atomic E-state index is 13.5. The summed E-state index contributed by atoms with van der Waals surface area (Å²) in [5.41, 5.74) is 0.973. The molecule has 3 rings (SSSR count). The molecule has 2 aromatic carbocycles. The first-order valence-corrected chi connectivity index (χ1v) is 10.2. The van der Waals surface area contributed by atoms with Crippen molar-refractivity contribution in [3.05, 3.63) is 89.6 Å². The Balaban J connectivity index is 1.82. The van der Waals surface area contributed by atoms with Gasteiger partial charge in [0, 0.05) is 12.1 Å². The second kappa shape index (κ2) is 8.26. The molecule has 8 heteroatoms. The quantitative estimate of drug-likeness (QED) is 0.564. The van der Waals surface area contributed by atoms with E-state index in [2.05, 4.69) is 0 Å². The fourth-order valence-electron chi connectivity index (χ4n) is 2.64. The van der Waals surface area contributed by atoms with E-state index >= 15 is 0 Å². The third-order valence-corrected chi connectivity index (χ3v) is 4.33. The van der Waals surface area contributed by atoms with Gasteiger partial charge in [-0.25, -0.2) is 4.39 Å². The fraction of sp³-hybridized carbons (Fsp3) is 0.150. The lowest BCUT2D eigenvalue weighted by Crippen LogP contribution is -2.30. The number of hydrogen-bond donors (Lipinski definition) is 0. The maximum Gasteiger partial charge on any atom is 0.306 e. The molecule has 0 radical (unpaired) electrons. The van der Waals surface area contributed by atoms with Gasteiger partial charge in [-0.05, 0) is 48.0 Å². The zero-order valence-corrected chi connectivity index (χ0v) is 15.9. The molecule has 0 saturated heterocycles. The zero-order valence-electron chi connectivity index (χ0n) is 15.0. The minimum absolute atomic E-state index is 0.181. The molecule has 0 aliphatic carbocycles. The highest BCUT2D eigenvalue weighted by Gasteiger charge is 2.18. The summed E-state index contributed by atoms with van der Waals surface area (Å²) in [5, 5.41) is 0. The first-order chi connectivity index (χ1) is 13.3. The molecule has 146 valence electrons. The molecule has 0 aliphatic rings.